The fourth-order valence-electron chi connectivity index (χ4n) is 4.52. The Morgan fingerprint density at radius 3 is 2.47 bits per heavy atom. The van der Waals surface area contributed by atoms with Crippen LogP contribution in [0.4, 0.5) is 11.4 Å². The highest BCUT2D eigenvalue weighted by Gasteiger charge is 2.52. The summed E-state index contributed by atoms with van der Waals surface area (Å²) in [4.78, 5) is 51.5. The van der Waals surface area contributed by atoms with E-state index in [9.17, 15) is 19.2 Å². The van der Waals surface area contributed by atoms with Crippen molar-refractivity contribution in [2.24, 2.45) is 0 Å². The summed E-state index contributed by atoms with van der Waals surface area (Å²) in [5.74, 6) is -0.996. The van der Waals surface area contributed by atoms with Crippen LogP contribution in [-0.2, 0) is 19.1 Å². The van der Waals surface area contributed by atoms with Crippen LogP contribution in [0.25, 0.3) is 0 Å². The molecule has 34 heavy (non-hydrogen) atoms. The van der Waals surface area contributed by atoms with Gasteiger partial charge in [-0.1, -0.05) is 25.0 Å². The highest BCUT2D eigenvalue weighted by atomic mass is 16.6. The molecule has 2 aromatic carbocycles. The summed E-state index contributed by atoms with van der Waals surface area (Å²) in [5.41, 5.74) is 0.620. The van der Waals surface area contributed by atoms with Gasteiger partial charge in [-0.3, -0.25) is 19.3 Å². The number of nitrogens with zero attached hydrogens (tertiary/aromatic N) is 1. The van der Waals surface area contributed by atoms with Crippen LogP contribution < -0.4 is 19.7 Å². The lowest BCUT2D eigenvalue weighted by atomic mass is 9.90. The number of ether oxygens (including phenoxy) is 3. The first-order valence-electron chi connectivity index (χ1n) is 11.1. The Morgan fingerprint density at radius 2 is 1.76 bits per heavy atom. The van der Waals surface area contributed by atoms with Crippen LogP contribution in [0.15, 0.2) is 42.5 Å². The summed E-state index contributed by atoms with van der Waals surface area (Å²) in [6.45, 7) is 0.459. The molecule has 2 aromatic rings. The highest BCUT2D eigenvalue weighted by molar-refractivity contribution is 6.15. The molecular formula is C25H26N2O7. The minimum Gasteiger partial charge on any atom is -0.493 e. The van der Waals surface area contributed by atoms with E-state index in [1.165, 1.54) is 31.1 Å². The molecule has 1 aliphatic heterocycles. The zero-order valence-electron chi connectivity index (χ0n) is 19.1. The minimum atomic E-state index is -0.972. The van der Waals surface area contributed by atoms with Crippen molar-refractivity contribution in [2.75, 3.05) is 30.5 Å². The predicted octanol–water partition coefficient (Wildman–Crippen LogP) is 3.12. The average Bonchev–Trinajstić information content (AvgIpc) is 3.32. The standard InChI is InChI=1S/C25H26N2O7/c1-16(28)17-9-10-20(21(13-17)32-2)33-15-23(30)34-14-22(29)27-19-8-4-3-7-18(19)26-24(31)25(27)11-5-6-12-25/h3-4,7-10,13H,5-6,11-12,14-15H2,1-2H3,(H,26,31). The molecule has 1 saturated carbocycles. The SMILES string of the molecule is COc1cc(C(C)=O)ccc1OCC(=O)OCC(=O)N1c2ccccc2NC(=O)C12CCCC2. The van der Waals surface area contributed by atoms with Gasteiger partial charge in [-0.25, -0.2) is 4.79 Å². The zero-order valence-corrected chi connectivity index (χ0v) is 19.1. The largest absolute Gasteiger partial charge is 0.493 e. The topological polar surface area (TPSA) is 111 Å². The number of rotatable bonds is 7. The third-order valence-corrected chi connectivity index (χ3v) is 6.20. The van der Waals surface area contributed by atoms with Crippen molar-refractivity contribution < 1.29 is 33.4 Å². The lowest BCUT2D eigenvalue weighted by molar-refractivity contribution is -0.150. The molecule has 0 aromatic heterocycles. The Morgan fingerprint density at radius 1 is 1.03 bits per heavy atom. The van der Waals surface area contributed by atoms with Gasteiger partial charge in [-0.15, -0.1) is 0 Å². The van der Waals surface area contributed by atoms with Crippen molar-refractivity contribution in [3.63, 3.8) is 0 Å². The smallest absolute Gasteiger partial charge is 0.344 e. The molecule has 9 heteroatoms. The fraction of sp³-hybridized carbons (Fsp3) is 0.360. The summed E-state index contributed by atoms with van der Waals surface area (Å²) >= 11 is 0. The molecule has 1 aliphatic carbocycles. The number of carbonyl (C=O) groups is 4. The number of fused-ring (bicyclic) bond motifs is 1. The molecule has 0 atom stereocenters. The molecular weight excluding hydrogens is 440 g/mol. The number of nitrogens with one attached hydrogen (secondary N) is 1. The number of hydrogen-bond donors (Lipinski definition) is 1. The summed E-state index contributed by atoms with van der Waals surface area (Å²) in [6, 6.07) is 11.7. The van der Waals surface area contributed by atoms with Crippen molar-refractivity contribution >= 4 is 34.9 Å². The van der Waals surface area contributed by atoms with Crippen LogP contribution in [0.5, 0.6) is 11.5 Å². The van der Waals surface area contributed by atoms with Crippen molar-refractivity contribution in [3.8, 4) is 11.5 Å². The van der Waals surface area contributed by atoms with Gasteiger partial charge >= 0.3 is 5.97 Å². The molecule has 0 unspecified atom stereocenters. The Hall–Kier alpha value is -3.88. The number of Topliss-reactive ketones (excluding diaryl/α,β-unsaturated/α-hetero) is 1. The molecule has 1 fully saturated rings. The van der Waals surface area contributed by atoms with E-state index in [2.05, 4.69) is 5.32 Å². The first-order chi connectivity index (χ1) is 16.4. The van der Waals surface area contributed by atoms with Crippen molar-refractivity contribution in [2.45, 2.75) is 38.1 Å². The Kier molecular flexibility index (Phi) is 6.54. The third kappa shape index (κ3) is 4.33. The van der Waals surface area contributed by atoms with Gasteiger partial charge in [0.05, 0.1) is 18.5 Å². The molecule has 0 saturated heterocycles. The van der Waals surface area contributed by atoms with Gasteiger partial charge in [0.1, 0.15) is 5.54 Å². The van der Waals surface area contributed by atoms with Crippen LogP contribution in [-0.4, -0.2) is 49.4 Å². The first kappa shape index (κ1) is 23.3. The number of carbonyl (C=O) groups excluding carboxylic acids is 4. The summed E-state index contributed by atoms with van der Waals surface area (Å²) in [6.07, 6.45) is 2.76. The fourth-order valence-corrected chi connectivity index (χ4v) is 4.52. The quantitative estimate of drug-likeness (QED) is 0.493. The van der Waals surface area contributed by atoms with Crippen molar-refractivity contribution in [3.05, 3.63) is 48.0 Å². The molecule has 4 rings (SSSR count). The lowest BCUT2D eigenvalue weighted by Crippen LogP contribution is -2.61. The van der Waals surface area contributed by atoms with Gasteiger partial charge in [0.15, 0.2) is 30.5 Å². The van der Waals surface area contributed by atoms with Gasteiger partial charge in [-0.05, 0) is 50.1 Å². The molecule has 178 valence electrons. The maximum absolute atomic E-state index is 13.2. The number of benzene rings is 2. The van der Waals surface area contributed by atoms with E-state index in [1.807, 2.05) is 0 Å². The van der Waals surface area contributed by atoms with Crippen LogP contribution >= 0.6 is 0 Å². The average molecular weight is 466 g/mol. The molecule has 1 heterocycles. The molecule has 0 bridgehead atoms. The summed E-state index contributed by atoms with van der Waals surface area (Å²) in [7, 11) is 1.43. The number of para-hydroxylation sites is 2. The van der Waals surface area contributed by atoms with E-state index in [0.29, 0.717) is 35.5 Å². The van der Waals surface area contributed by atoms with E-state index in [0.717, 1.165) is 12.8 Å². The molecule has 1 N–H and O–H groups in total. The second-order valence-corrected chi connectivity index (χ2v) is 8.31. The highest BCUT2D eigenvalue weighted by Crippen LogP contribution is 2.45. The van der Waals surface area contributed by atoms with Crippen LogP contribution in [0.1, 0.15) is 43.0 Å². The molecule has 9 nitrogen and oxygen atoms in total. The van der Waals surface area contributed by atoms with Gasteiger partial charge in [0.25, 0.3) is 11.8 Å². The second-order valence-electron chi connectivity index (χ2n) is 8.31. The Balaban J connectivity index is 1.42. The molecule has 2 amide bonds. The number of hydrogen-bond acceptors (Lipinski definition) is 7. The Bertz CT molecular complexity index is 1140. The molecule has 0 radical (unpaired) electrons. The normalized spacial score (nSPS) is 15.9. The van der Waals surface area contributed by atoms with Crippen LogP contribution in [0.3, 0.4) is 0 Å². The summed E-state index contributed by atoms with van der Waals surface area (Å²) < 4.78 is 15.9. The van der Waals surface area contributed by atoms with Gasteiger partial charge in [-0.2, -0.15) is 0 Å². The van der Waals surface area contributed by atoms with Crippen LogP contribution in [0.2, 0.25) is 0 Å². The summed E-state index contributed by atoms with van der Waals surface area (Å²) in [5, 5.41) is 2.91. The number of esters is 1. The predicted molar refractivity (Wildman–Crippen MR) is 123 cm³/mol. The van der Waals surface area contributed by atoms with Crippen molar-refractivity contribution in [1.82, 2.24) is 0 Å². The molecule has 2 aliphatic rings. The number of methoxy groups -OCH3 is 1. The number of ketones is 1. The lowest BCUT2D eigenvalue weighted by Gasteiger charge is -2.44. The zero-order chi connectivity index (χ0) is 24.3. The van der Waals surface area contributed by atoms with E-state index in [1.54, 1.807) is 30.3 Å². The number of amides is 2. The van der Waals surface area contributed by atoms with Crippen molar-refractivity contribution in [1.29, 1.82) is 0 Å². The first-order valence-corrected chi connectivity index (χ1v) is 11.1. The maximum Gasteiger partial charge on any atom is 0.344 e. The molecule has 1 spiro atoms. The van der Waals surface area contributed by atoms with Gasteiger partial charge in [0, 0.05) is 5.56 Å². The van der Waals surface area contributed by atoms with E-state index >= 15 is 0 Å². The number of anilines is 2. The third-order valence-electron chi connectivity index (χ3n) is 6.20. The van der Waals surface area contributed by atoms with E-state index in [4.69, 9.17) is 14.2 Å². The monoisotopic (exact) mass is 466 g/mol. The Labute approximate surface area is 197 Å². The van der Waals surface area contributed by atoms with E-state index < -0.39 is 30.6 Å². The second kappa shape index (κ2) is 9.54. The van der Waals surface area contributed by atoms with Gasteiger partial charge < -0.3 is 19.5 Å². The van der Waals surface area contributed by atoms with Crippen LogP contribution in [0, 0.1) is 0 Å². The van der Waals surface area contributed by atoms with E-state index in [-0.39, 0.29) is 17.4 Å². The maximum atomic E-state index is 13.2. The van der Waals surface area contributed by atoms with Gasteiger partial charge in [0.2, 0.25) is 0 Å². The minimum absolute atomic E-state index is 0.129.